The Morgan fingerprint density at radius 1 is 1.45 bits per heavy atom. The number of rotatable bonds is 3. The van der Waals surface area contributed by atoms with Gasteiger partial charge in [0.25, 0.3) is 5.91 Å². The molecule has 22 heavy (non-hydrogen) atoms. The van der Waals surface area contributed by atoms with Crippen molar-refractivity contribution in [3.05, 3.63) is 53.1 Å². The Labute approximate surface area is 127 Å². The molecule has 1 aliphatic heterocycles. The van der Waals surface area contributed by atoms with Crippen molar-refractivity contribution in [2.24, 2.45) is 0 Å². The van der Waals surface area contributed by atoms with Crippen LogP contribution in [0, 0.1) is 5.82 Å². The first-order valence-corrected chi connectivity index (χ1v) is 7.37. The van der Waals surface area contributed by atoms with E-state index in [1.54, 1.807) is 23.1 Å². The Bertz CT molecular complexity index is 668. The molecule has 5 nitrogen and oxygen atoms in total. The van der Waals surface area contributed by atoms with Crippen molar-refractivity contribution in [1.29, 1.82) is 0 Å². The van der Waals surface area contributed by atoms with Crippen LogP contribution in [0.2, 0.25) is 0 Å². The number of aliphatic hydroxyl groups is 1. The summed E-state index contributed by atoms with van der Waals surface area (Å²) in [5, 5.41) is 16.8. The minimum Gasteiger partial charge on any atom is -0.391 e. The molecular formula is C16H18FN3O2. The van der Waals surface area contributed by atoms with E-state index in [0.29, 0.717) is 12.1 Å². The van der Waals surface area contributed by atoms with Crippen molar-refractivity contribution in [2.75, 3.05) is 6.54 Å². The fourth-order valence-corrected chi connectivity index (χ4v) is 2.84. The average molecular weight is 303 g/mol. The van der Waals surface area contributed by atoms with Gasteiger partial charge in [-0.05, 0) is 36.6 Å². The maximum Gasteiger partial charge on any atom is 0.274 e. The van der Waals surface area contributed by atoms with Crippen LogP contribution in [0.4, 0.5) is 4.39 Å². The molecule has 1 saturated heterocycles. The standard InChI is InChI=1S/C16H18FN3O2/c1-2-12-7-14(19-18-12)16(22)20-9-13(21)8-15(20)10-3-5-11(17)6-4-10/h3-7,13,15,21H,2,8-9H2,1H3,(H,18,19)/t13-,15-/m1/s1. The van der Waals surface area contributed by atoms with Crippen LogP contribution in [0.3, 0.4) is 0 Å². The van der Waals surface area contributed by atoms with Gasteiger partial charge in [-0.1, -0.05) is 19.1 Å². The number of carbonyl (C=O) groups is 1. The molecule has 0 unspecified atom stereocenters. The zero-order valence-electron chi connectivity index (χ0n) is 12.3. The quantitative estimate of drug-likeness (QED) is 0.912. The number of aromatic nitrogens is 2. The van der Waals surface area contributed by atoms with E-state index in [1.165, 1.54) is 12.1 Å². The van der Waals surface area contributed by atoms with Crippen LogP contribution >= 0.6 is 0 Å². The molecule has 1 fully saturated rings. The molecule has 1 aliphatic rings. The molecule has 2 N–H and O–H groups in total. The van der Waals surface area contributed by atoms with Crippen LogP contribution in [0.25, 0.3) is 0 Å². The number of aliphatic hydroxyl groups excluding tert-OH is 1. The molecule has 0 aliphatic carbocycles. The highest BCUT2D eigenvalue weighted by molar-refractivity contribution is 5.93. The second-order valence-electron chi connectivity index (χ2n) is 5.55. The van der Waals surface area contributed by atoms with Gasteiger partial charge in [0.1, 0.15) is 11.5 Å². The van der Waals surface area contributed by atoms with E-state index in [-0.39, 0.29) is 24.3 Å². The molecule has 6 heteroatoms. The third kappa shape index (κ3) is 2.74. The largest absolute Gasteiger partial charge is 0.391 e. The van der Waals surface area contributed by atoms with Gasteiger partial charge < -0.3 is 10.0 Å². The molecule has 2 aromatic rings. The summed E-state index contributed by atoms with van der Waals surface area (Å²) < 4.78 is 13.1. The summed E-state index contributed by atoms with van der Waals surface area (Å²) in [4.78, 5) is 14.2. The van der Waals surface area contributed by atoms with Crippen LogP contribution in [0.1, 0.15) is 41.1 Å². The summed E-state index contributed by atoms with van der Waals surface area (Å²) in [6, 6.07) is 7.51. The summed E-state index contributed by atoms with van der Waals surface area (Å²) >= 11 is 0. The number of amides is 1. The van der Waals surface area contributed by atoms with Crippen LogP contribution in [0.5, 0.6) is 0 Å². The number of hydrogen-bond donors (Lipinski definition) is 2. The van der Waals surface area contributed by atoms with E-state index < -0.39 is 6.10 Å². The minimum absolute atomic E-state index is 0.221. The topological polar surface area (TPSA) is 69.2 Å². The molecule has 116 valence electrons. The van der Waals surface area contributed by atoms with Crippen molar-refractivity contribution in [2.45, 2.75) is 31.9 Å². The lowest BCUT2D eigenvalue weighted by Crippen LogP contribution is -2.32. The molecule has 0 spiro atoms. The number of halogens is 1. The second kappa shape index (κ2) is 5.88. The van der Waals surface area contributed by atoms with E-state index in [4.69, 9.17) is 0 Å². The zero-order valence-corrected chi connectivity index (χ0v) is 12.3. The maximum atomic E-state index is 13.1. The fourth-order valence-electron chi connectivity index (χ4n) is 2.84. The van der Waals surface area contributed by atoms with Crippen LogP contribution in [0.15, 0.2) is 30.3 Å². The molecule has 1 aromatic carbocycles. The molecule has 2 atom stereocenters. The van der Waals surface area contributed by atoms with Gasteiger partial charge in [-0.3, -0.25) is 9.89 Å². The van der Waals surface area contributed by atoms with Gasteiger partial charge in [0.15, 0.2) is 0 Å². The summed E-state index contributed by atoms with van der Waals surface area (Å²) in [6.45, 7) is 2.23. The van der Waals surface area contributed by atoms with E-state index in [1.807, 2.05) is 6.92 Å². The van der Waals surface area contributed by atoms with E-state index in [9.17, 15) is 14.3 Å². The van der Waals surface area contributed by atoms with E-state index in [0.717, 1.165) is 17.7 Å². The van der Waals surface area contributed by atoms with Gasteiger partial charge in [-0.15, -0.1) is 0 Å². The molecule has 2 heterocycles. The number of carbonyl (C=O) groups excluding carboxylic acids is 1. The third-order valence-electron chi connectivity index (χ3n) is 4.03. The Morgan fingerprint density at radius 2 is 2.18 bits per heavy atom. The summed E-state index contributed by atoms with van der Waals surface area (Å²) in [6.07, 6.45) is 0.635. The average Bonchev–Trinajstić information content (AvgIpc) is 3.14. The first kappa shape index (κ1) is 14.7. The normalized spacial score (nSPS) is 21.3. The smallest absolute Gasteiger partial charge is 0.274 e. The Hall–Kier alpha value is -2.21. The van der Waals surface area contributed by atoms with Crippen molar-refractivity contribution >= 4 is 5.91 Å². The third-order valence-corrected chi connectivity index (χ3v) is 4.03. The van der Waals surface area contributed by atoms with Gasteiger partial charge >= 0.3 is 0 Å². The number of aromatic amines is 1. The maximum absolute atomic E-state index is 13.1. The molecule has 0 radical (unpaired) electrons. The molecule has 3 rings (SSSR count). The van der Waals surface area contributed by atoms with Crippen LogP contribution in [-0.2, 0) is 6.42 Å². The predicted octanol–water partition coefficient (Wildman–Crippen LogP) is 2.06. The lowest BCUT2D eigenvalue weighted by atomic mass is 10.0. The Morgan fingerprint density at radius 3 is 2.82 bits per heavy atom. The number of benzene rings is 1. The number of β-amino-alcohol motifs (C(OH)–C–C–N with tert-alkyl or cyclic N) is 1. The van der Waals surface area contributed by atoms with Gasteiger partial charge in [0.2, 0.25) is 0 Å². The lowest BCUT2D eigenvalue weighted by Gasteiger charge is -2.23. The highest BCUT2D eigenvalue weighted by Gasteiger charge is 2.36. The van der Waals surface area contributed by atoms with Gasteiger partial charge in [0, 0.05) is 12.2 Å². The highest BCUT2D eigenvalue weighted by Crippen LogP contribution is 2.33. The number of H-pyrrole nitrogens is 1. The first-order chi connectivity index (χ1) is 10.6. The summed E-state index contributed by atoms with van der Waals surface area (Å²) in [5.74, 6) is -0.540. The van der Waals surface area contributed by atoms with Gasteiger partial charge in [-0.2, -0.15) is 5.10 Å². The van der Waals surface area contributed by atoms with Crippen molar-refractivity contribution < 1.29 is 14.3 Å². The Kier molecular flexibility index (Phi) is 3.94. The molecule has 0 bridgehead atoms. The van der Waals surface area contributed by atoms with E-state index in [2.05, 4.69) is 10.2 Å². The number of nitrogens with zero attached hydrogens (tertiary/aromatic N) is 2. The number of aryl methyl sites for hydroxylation is 1. The zero-order chi connectivity index (χ0) is 15.7. The van der Waals surface area contributed by atoms with Crippen molar-refractivity contribution in [1.82, 2.24) is 15.1 Å². The molecule has 1 amide bonds. The monoisotopic (exact) mass is 303 g/mol. The van der Waals surface area contributed by atoms with Crippen molar-refractivity contribution in [3.8, 4) is 0 Å². The SMILES string of the molecule is CCc1cc(C(=O)N2C[C@H](O)C[C@@H]2c2ccc(F)cc2)n[nH]1. The highest BCUT2D eigenvalue weighted by atomic mass is 19.1. The van der Waals surface area contributed by atoms with Gasteiger partial charge in [-0.25, -0.2) is 4.39 Å². The fraction of sp³-hybridized carbons (Fsp3) is 0.375. The first-order valence-electron chi connectivity index (χ1n) is 7.37. The minimum atomic E-state index is -0.580. The van der Waals surface area contributed by atoms with Crippen LogP contribution < -0.4 is 0 Å². The Balaban J connectivity index is 1.86. The van der Waals surface area contributed by atoms with Crippen LogP contribution in [-0.4, -0.2) is 38.8 Å². The summed E-state index contributed by atoms with van der Waals surface area (Å²) in [5.41, 5.74) is 2.05. The lowest BCUT2D eigenvalue weighted by molar-refractivity contribution is 0.0710. The van der Waals surface area contributed by atoms with Crippen molar-refractivity contribution in [3.63, 3.8) is 0 Å². The number of hydrogen-bond acceptors (Lipinski definition) is 3. The molecule has 0 saturated carbocycles. The summed E-state index contributed by atoms with van der Waals surface area (Å²) in [7, 11) is 0. The van der Waals surface area contributed by atoms with Gasteiger partial charge in [0.05, 0.1) is 12.1 Å². The van der Waals surface area contributed by atoms with E-state index >= 15 is 0 Å². The number of nitrogens with one attached hydrogen (secondary N) is 1. The second-order valence-corrected chi connectivity index (χ2v) is 5.55. The number of likely N-dealkylation sites (tertiary alicyclic amines) is 1. The molecule has 1 aromatic heterocycles. The predicted molar refractivity (Wildman–Crippen MR) is 78.8 cm³/mol. The molecular weight excluding hydrogens is 285 g/mol.